The van der Waals surface area contributed by atoms with Gasteiger partial charge in [0.05, 0.1) is 17.8 Å². The monoisotopic (exact) mass is 2240 g/mol. The molecule has 0 radical (unpaired) electrons. The Kier molecular flexibility index (Phi) is 41.7. The molecule has 6 aromatic carbocycles. The molecule has 8 aromatic rings. The van der Waals surface area contributed by atoms with Crippen molar-refractivity contribution in [2.75, 3.05) is 38.0 Å². The molecule has 8 aliphatic carbocycles. The van der Waals surface area contributed by atoms with Crippen molar-refractivity contribution in [3.63, 3.8) is 0 Å². The number of pyridine rings is 2. The Hall–Kier alpha value is -1.31. The van der Waals surface area contributed by atoms with Gasteiger partial charge >= 0.3 is 80.5 Å². The first-order chi connectivity index (χ1) is 50.9. The number of aliphatic carboxylic acids is 2. The van der Waals surface area contributed by atoms with Crippen molar-refractivity contribution >= 4 is 158 Å². The number of rotatable bonds is 11. The summed E-state index contributed by atoms with van der Waals surface area (Å²) in [6.07, 6.45) is 43.8. The molecule has 572 valence electrons. The van der Waals surface area contributed by atoms with E-state index in [4.69, 9.17) is 41.4 Å². The van der Waals surface area contributed by atoms with E-state index in [0.717, 1.165) is 88.4 Å². The minimum absolute atomic E-state index is 0. The average Bonchev–Trinajstić information content (AvgIpc) is 1.47. The number of hydrogen-bond acceptors (Lipinski definition) is 6. The summed E-state index contributed by atoms with van der Waals surface area (Å²) in [5.74, 6) is 4.40. The number of aromatic nitrogens is 2. The molecule has 8 nitrogen and oxygen atoms in total. The van der Waals surface area contributed by atoms with E-state index in [1.807, 2.05) is 30.6 Å². The van der Waals surface area contributed by atoms with Gasteiger partial charge in [0.25, 0.3) is 11.9 Å². The van der Waals surface area contributed by atoms with E-state index in [1.165, 1.54) is 249 Å². The Morgan fingerprint density at radius 3 is 1.44 bits per heavy atom. The number of carboxylic acid groups (broad SMARTS) is 2. The molecule has 8 saturated carbocycles. The maximum absolute atomic E-state index is 9.00. The van der Waals surface area contributed by atoms with Gasteiger partial charge in [-0.15, -0.1) is 6.42 Å². The van der Waals surface area contributed by atoms with Crippen LogP contribution in [0.5, 0.6) is 0 Å². The Morgan fingerprint density at radius 2 is 1.03 bits per heavy atom. The van der Waals surface area contributed by atoms with E-state index in [-0.39, 0.29) is 28.3 Å². The number of aryl methyl sites for hydroxylation is 2. The van der Waals surface area contributed by atoms with Gasteiger partial charge in [-0.25, -0.2) is 0 Å². The molecule has 6 unspecified atom stereocenters. The molecule has 16 rings (SSSR count). The molecule has 4 bridgehead atoms. The molecule has 106 heavy (non-hydrogen) atoms. The molecular formula is C88H110BrClI5N4O4PPdZn. The SMILES string of the molecule is CC(=O)O.CC(=O)O.CN(C)c1cccc(N(C)C)c1-c1ccccc1P(C1CCCCC1)C1CCCCC1.Cc1cc(-c2nccc3cc(C4CCCC4)ccc23)cc(C2CC3CCC2C3)c1.Cc1cc(-c2nccc3cc(Cl)ccc23)cc(C2CC3CCC2C3)c1.II.I[I-]I.[CH+]1C[CH-]CC1.[Pd].[Zn+][Br]. The van der Waals surface area contributed by atoms with E-state index in [1.54, 1.807) is 10.9 Å². The van der Waals surface area contributed by atoms with Gasteiger partial charge in [0.2, 0.25) is 0 Å². The van der Waals surface area contributed by atoms with Crippen molar-refractivity contribution in [1.82, 2.24) is 9.97 Å². The third-order valence-electron chi connectivity index (χ3n) is 22.7. The van der Waals surface area contributed by atoms with Gasteiger partial charge in [0.15, 0.2) is 0 Å². The third kappa shape index (κ3) is 26.6. The van der Waals surface area contributed by atoms with Gasteiger partial charge in [-0.3, -0.25) is 26.0 Å². The Morgan fingerprint density at radius 1 is 0.575 bits per heavy atom. The van der Waals surface area contributed by atoms with Crippen LogP contribution in [0.1, 0.15) is 220 Å². The summed E-state index contributed by atoms with van der Waals surface area (Å²) in [5, 5.41) is 22.3. The predicted octanol–water partition coefficient (Wildman–Crippen LogP) is 24.9. The predicted molar refractivity (Wildman–Crippen MR) is 481 cm³/mol. The number of benzene rings is 6. The fourth-order valence-electron chi connectivity index (χ4n) is 18.4. The molecule has 8 fully saturated rings. The summed E-state index contributed by atoms with van der Waals surface area (Å²) < 4.78 is 0. The first kappa shape index (κ1) is 91.9. The van der Waals surface area contributed by atoms with Crippen molar-refractivity contribution in [1.29, 1.82) is 0 Å². The topological polar surface area (TPSA) is 107 Å². The molecule has 0 aliphatic heterocycles. The Balaban J connectivity index is 0.000000196. The standard InChI is InChI=1S/C28H41N2P.C28H31N.C23H22ClN.C5H8.2C2H4O2.BrH.I3.I2.Pd.Zn/c1-29(2)25-19-13-20-26(30(3)4)28(25)24-18-11-12-21-27(24)31(22-14-7-5-8-15-22)23-16-9-6-10-17-23;1-18-12-24(27-15-19-6-7-22(27)14-19)17-25(13-18)28-26-9-8-21(20-4-2-3-5-20)16-23(26)10-11-29-28;1-14-8-18(22-11-15-2-3-16(22)10-15)12-19(9-14)23-21-5-4-20(24)13-17(21)6-7-25-23;1-2-4-5-3-1;2*1-2(3)4;;1-3-2;1-2;;/h11-13,18-23H,5-10,14-17H2,1-4H3;8-13,16-17,19-20,22,27H,2-7,14-15H2,1H3;4-9,12-13,15-16,22H,2-3,10-11H2,1H3;1,4H,2-3,5H2;2*1H3,(H,3,4);1H;;;;/q;;;;;;;-1;;;+2/p-1. The summed E-state index contributed by atoms with van der Waals surface area (Å²) in [6.45, 7) is 6.63. The summed E-state index contributed by atoms with van der Waals surface area (Å²) >= 11 is 20.0. The summed E-state index contributed by atoms with van der Waals surface area (Å²) in [5.41, 5.74) is 19.5. The molecule has 2 N–H and O–H groups in total. The van der Waals surface area contributed by atoms with E-state index < -0.39 is 11.9 Å². The molecule has 0 saturated heterocycles. The zero-order valence-electron chi connectivity index (χ0n) is 63.4. The minimum atomic E-state index is -0.833. The molecule has 2 aromatic heterocycles. The first-order valence-electron chi connectivity index (χ1n) is 38.2. The zero-order valence-corrected chi connectivity index (χ0v) is 82.0. The van der Waals surface area contributed by atoms with Crippen molar-refractivity contribution in [2.45, 2.75) is 217 Å². The second kappa shape index (κ2) is 48.1. The van der Waals surface area contributed by atoms with Crippen molar-refractivity contribution in [3.05, 3.63) is 185 Å². The average molecular weight is 2240 g/mol. The maximum atomic E-state index is 9.00. The molecule has 2 heterocycles. The van der Waals surface area contributed by atoms with Crippen LogP contribution in [-0.2, 0) is 46.4 Å². The fraction of sp³-hybridized carbons (Fsp3) is 0.477. The molecular weight excluding hydrogens is 2130 g/mol. The zero-order chi connectivity index (χ0) is 75.5. The third-order valence-corrected chi connectivity index (χ3v) is 26.5. The number of carboxylic acids is 2. The van der Waals surface area contributed by atoms with Crippen molar-refractivity contribution in [3.8, 4) is 33.6 Å². The number of anilines is 2. The summed E-state index contributed by atoms with van der Waals surface area (Å²) in [4.78, 5) is 32.2. The number of fused-ring (bicyclic) bond motifs is 6. The van der Waals surface area contributed by atoms with Gasteiger partial charge in [-0.05, 0) is 249 Å². The first-order valence-corrected chi connectivity index (χ1v) is 65.9. The molecule has 0 amide bonds. The van der Waals surface area contributed by atoms with Crippen LogP contribution >= 0.6 is 108 Å². The van der Waals surface area contributed by atoms with Gasteiger partial charge in [0.1, 0.15) is 0 Å². The molecule has 0 spiro atoms. The van der Waals surface area contributed by atoms with Gasteiger partial charge in [0, 0.05) is 162 Å². The van der Waals surface area contributed by atoms with Crippen molar-refractivity contribution in [2.24, 2.45) is 23.7 Å². The molecule has 6 atom stereocenters. The van der Waals surface area contributed by atoms with E-state index in [2.05, 4.69) is 262 Å². The number of carbonyl (C=O) groups is 2. The molecule has 18 heteroatoms. The second-order valence-electron chi connectivity index (χ2n) is 30.4. The van der Waals surface area contributed by atoms with Crippen LogP contribution in [-0.4, -0.2) is 71.6 Å². The van der Waals surface area contributed by atoms with E-state index >= 15 is 0 Å². The summed E-state index contributed by atoms with van der Waals surface area (Å²) in [7, 11) is 8.61. The number of nitrogens with zero attached hydrogens (tertiary/aromatic N) is 4. The van der Waals surface area contributed by atoms with E-state index in [9.17, 15) is 0 Å². The van der Waals surface area contributed by atoms with Crippen LogP contribution in [0.2, 0.25) is 5.02 Å². The fourth-order valence-corrected chi connectivity index (χ4v) is 22.5. The van der Waals surface area contributed by atoms with E-state index in [0.29, 0.717) is 13.3 Å². The van der Waals surface area contributed by atoms with Crippen LogP contribution in [0, 0.1) is 50.4 Å². The van der Waals surface area contributed by atoms with Crippen molar-refractivity contribution < 1.29 is 69.8 Å². The van der Waals surface area contributed by atoms with Gasteiger partial charge < -0.3 is 20.0 Å². The summed E-state index contributed by atoms with van der Waals surface area (Å²) in [6, 6.07) is 48.1. The number of halogens is 7. The second-order valence-corrected chi connectivity index (χ2v) is 49.9. The molecule has 8 aliphatic rings. The quantitative estimate of drug-likeness (QED) is 0.0571. The van der Waals surface area contributed by atoms with Crippen LogP contribution < -0.4 is 28.4 Å². The van der Waals surface area contributed by atoms with Gasteiger partial charge in [-0.1, -0.05) is 162 Å². The number of hydrogen-bond donors (Lipinski definition) is 2. The van der Waals surface area contributed by atoms with Gasteiger partial charge in [-0.2, -0.15) is 0 Å². The van der Waals surface area contributed by atoms with Crippen LogP contribution in [0.25, 0.3) is 55.2 Å². The van der Waals surface area contributed by atoms with Crippen LogP contribution in [0.15, 0.2) is 140 Å². The van der Waals surface area contributed by atoms with Crippen LogP contribution in [0.4, 0.5) is 11.4 Å². The Bertz CT molecular complexity index is 3950. The normalized spacial score (nSPS) is 20.4. The van der Waals surface area contributed by atoms with Crippen LogP contribution in [0.3, 0.4) is 0 Å². The Labute approximate surface area is 726 Å².